The molecule has 1 aliphatic heterocycles. The third-order valence-corrected chi connectivity index (χ3v) is 3.72. The standard InChI is InChI=1S/C16H22N4O/c1-2-17-16-19-14-8-4-3-7-13(14)15(20-16)18-10-9-12-6-5-11-21-12/h3-4,7-8,12H,2,5-6,9-11H2,1H3,(H2,17,18,19,20). The molecule has 3 rings (SSSR count). The second-order valence-corrected chi connectivity index (χ2v) is 5.29. The van der Waals surface area contributed by atoms with Gasteiger partial charge in [0.15, 0.2) is 0 Å². The van der Waals surface area contributed by atoms with Crippen LogP contribution in [-0.4, -0.2) is 35.8 Å². The van der Waals surface area contributed by atoms with E-state index < -0.39 is 0 Å². The summed E-state index contributed by atoms with van der Waals surface area (Å²) in [5.41, 5.74) is 0.961. The van der Waals surface area contributed by atoms with E-state index in [4.69, 9.17) is 4.74 Å². The number of para-hydroxylation sites is 1. The minimum absolute atomic E-state index is 0.402. The van der Waals surface area contributed by atoms with Crippen LogP contribution in [-0.2, 0) is 4.74 Å². The fraction of sp³-hybridized carbons (Fsp3) is 0.500. The highest BCUT2D eigenvalue weighted by Crippen LogP contribution is 2.22. The van der Waals surface area contributed by atoms with Gasteiger partial charge in [0.2, 0.25) is 5.95 Å². The summed E-state index contributed by atoms with van der Waals surface area (Å²) in [5.74, 6) is 1.57. The first-order valence-electron chi connectivity index (χ1n) is 7.73. The number of rotatable bonds is 6. The van der Waals surface area contributed by atoms with Crippen LogP contribution >= 0.6 is 0 Å². The molecule has 0 aliphatic carbocycles. The molecular weight excluding hydrogens is 264 g/mol. The molecule has 0 radical (unpaired) electrons. The first-order valence-corrected chi connectivity index (χ1v) is 7.73. The molecule has 1 unspecified atom stereocenters. The number of hydrogen-bond donors (Lipinski definition) is 2. The summed E-state index contributed by atoms with van der Waals surface area (Å²) >= 11 is 0. The Morgan fingerprint density at radius 2 is 2.14 bits per heavy atom. The Hall–Kier alpha value is -1.88. The van der Waals surface area contributed by atoms with Crippen LogP contribution in [0.2, 0.25) is 0 Å². The average Bonchev–Trinajstić information content (AvgIpc) is 3.01. The molecule has 1 atom stereocenters. The van der Waals surface area contributed by atoms with Gasteiger partial charge in [-0.2, -0.15) is 4.98 Å². The van der Waals surface area contributed by atoms with Crippen LogP contribution in [0, 0.1) is 0 Å². The van der Waals surface area contributed by atoms with Crippen LogP contribution in [0.5, 0.6) is 0 Å². The smallest absolute Gasteiger partial charge is 0.225 e. The van der Waals surface area contributed by atoms with Crippen LogP contribution in [0.1, 0.15) is 26.2 Å². The Labute approximate surface area is 125 Å². The van der Waals surface area contributed by atoms with Gasteiger partial charge in [-0.05, 0) is 38.3 Å². The zero-order valence-corrected chi connectivity index (χ0v) is 12.4. The van der Waals surface area contributed by atoms with Gasteiger partial charge >= 0.3 is 0 Å². The van der Waals surface area contributed by atoms with Crippen molar-refractivity contribution in [2.75, 3.05) is 30.3 Å². The van der Waals surface area contributed by atoms with E-state index in [0.717, 1.165) is 42.8 Å². The van der Waals surface area contributed by atoms with Crippen molar-refractivity contribution in [1.82, 2.24) is 9.97 Å². The predicted octanol–water partition coefficient (Wildman–Crippen LogP) is 3.04. The highest BCUT2D eigenvalue weighted by Gasteiger charge is 2.15. The number of benzene rings is 1. The molecule has 2 heterocycles. The Morgan fingerprint density at radius 3 is 2.95 bits per heavy atom. The maximum Gasteiger partial charge on any atom is 0.225 e. The normalized spacial score (nSPS) is 18.0. The molecule has 1 aromatic heterocycles. The second-order valence-electron chi connectivity index (χ2n) is 5.29. The van der Waals surface area contributed by atoms with Gasteiger partial charge in [-0.15, -0.1) is 0 Å². The molecule has 1 aromatic carbocycles. The topological polar surface area (TPSA) is 59.1 Å². The summed E-state index contributed by atoms with van der Waals surface area (Å²) in [6.45, 7) is 4.64. The van der Waals surface area contributed by atoms with Crippen molar-refractivity contribution in [3.63, 3.8) is 0 Å². The average molecular weight is 286 g/mol. The summed E-state index contributed by atoms with van der Waals surface area (Å²) in [4.78, 5) is 9.10. The Balaban J connectivity index is 1.75. The van der Waals surface area contributed by atoms with Crippen LogP contribution in [0.25, 0.3) is 10.9 Å². The summed E-state index contributed by atoms with van der Waals surface area (Å²) in [5, 5.41) is 7.69. The number of anilines is 2. The van der Waals surface area contributed by atoms with E-state index in [0.29, 0.717) is 12.1 Å². The maximum atomic E-state index is 5.66. The van der Waals surface area contributed by atoms with Gasteiger partial charge in [0.1, 0.15) is 5.82 Å². The fourth-order valence-corrected chi connectivity index (χ4v) is 2.67. The van der Waals surface area contributed by atoms with Crippen LogP contribution < -0.4 is 10.6 Å². The zero-order valence-electron chi connectivity index (χ0n) is 12.4. The predicted molar refractivity (Wildman–Crippen MR) is 85.8 cm³/mol. The molecule has 112 valence electrons. The van der Waals surface area contributed by atoms with E-state index in [-0.39, 0.29) is 0 Å². The number of fused-ring (bicyclic) bond motifs is 1. The monoisotopic (exact) mass is 286 g/mol. The van der Waals surface area contributed by atoms with Crippen molar-refractivity contribution in [2.24, 2.45) is 0 Å². The van der Waals surface area contributed by atoms with E-state index in [1.165, 1.54) is 12.8 Å². The summed E-state index contributed by atoms with van der Waals surface area (Å²) in [6, 6.07) is 8.09. The van der Waals surface area contributed by atoms with Crippen molar-refractivity contribution < 1.29 is 4.74 Å². The van der Waals surface area contributed by atoms with Crippen LogP contribution in [0.4, 0.5) is 11.8 Å². The summed E-state index contributed by atoms with van der Waals surface area (Å²) in [6.07, 6.45) is 3.79. The lowest BCUT2D eigenvalue weighted by Gasteiger charge is -2.13. The minimum atomic E-state index is 0.402. The Bertz CT molecular complexity index is 596. The lowest BCUT2D eigenvalue weighted by molar-refractivity contribution is 0.107. The Kier molecular flexibility index (Phi) is 4.50. The van der Waals surface area contributed by atoms with Gasteiger partial charge in [-0.25, -0.2) is 4.98 Å². The molecule has 1 aliphatic rings. The molecular formula is C16H22N4O. The quantitative estimate of drug-likeness (QED) is 0.854. The number of hydrogen-bond acceptors (Lipinski definition) is 5. The van der Waals surface area contributed by atoms with Crippen molar-refractivity contribution in [1.29, 1.82) is 0 Å². The molecule has 1 fully saturated rings. The van der Waals surface area contributed by atoms with Crippen molar-refractivity contribution in [3.05, 3.63) is 24.3 Å². The first-order chi connectivity index (χ1) is 10.4. The third kappa shape index (κ3) is 3.42. The van der Waals surface area contributed by atoms with Gasteiger partial charge in [0, 0.05) is 25.1 Å². The SMILES string of the molecule is CCNc1nc(NCCC2CCCO2)c2ccccc2n1. The second kappa shape index (κ2) is 6.72. The van der Waals surface area contributed by atoms with E-state index in [2.05, 4.69) is 26.7 Å². The zero-order chi connectivity index (χ0) is 14.5. The van der Waals surface area contributed by atoms with Crippen LogP contribution in [0.3, 0.4) is 0 Å². The van der Waals surface area contributed by atoms with Gasteiger partial charge in [0.25, 0.3) is 0 Å². The van der Waals surface area contributed by atoms with Gasteiger partial charge in [-0.1, -0.05) is 12.1 Å². The van der Waals surface area contributed by atoms with Crippen LogP contribution in [0.15, 0.2) is 24.3 Å². The van der Waals surface area contributed by atoms with E-state index >= 15 is 0 Å². The number of nitrogens with one attached hydrogen (secondary N) is 2. The highest BCUT2D eigenvalue weighted by atomic mass is 16.5. The fourth-order valence-electron chi connectivity index (χ4n) is 2.67. The molecule has 5 nitrogen and oxygen atoms in total. The number of nitrogens with zero attached hydrogens (tertiary/aromatic N) is 2. The summed E-state index contributed by atoms with van der Waals surface area (Å²) in [7, 11) is 0. The number of aromatic nitrogens is 2. The van der Waals surface area contributed by atoms with E-state index in [9.17, 15) is 0 Å². The summed E-state index contributed by atoms with van der Waals surface area (Å²) < 4.78 is 5.66. The van der Waals surface area contributed by atoms with Crippen molar-refractivity contribution >= 4 is 22.7 Å². The highest BCUT2D eigenvalue weighted by molar-refractivity contribution is 5.89. The molecule has 1 saturated heterocycles. The van der Waals surface area contributed by atoms with Gasteiger partial charge < -0.3 is 15.4 Å². The molecule has 21 heavy (non-hydrogen) atoms. The molecule has 5 heteroatoms. The third-order valence-electron chi connectivity index (χ3n) is 3.72. The van der Waals surface area contributed by atoms with Gasteiger partial charge in [0.05, 0.1) is 11.6 Å². The minimum Gasteiger partial charge on any atom is -0.378 e. The van der Waals surface area contributed by atoms with E-state index in [1.54, 1.807) is 0 Å². The lowest BCUT2D eigenvalue weighted by atomic mass is 10.2. The molecule has 2 aromatic rings. The van der Waals surface area contributed by atoms with E-state index in [1.807, 2.05) is 25.1 Å². The molecule has 2 N–H and O–H groups in total. The molecule has 0 amide bonds. The largest absolute Gasteiger partial charge is 0.378 e. The molecule has 0 bridgehead atoms. The van der Waals surface area contributed by atoms with Gasteiger partial charge in [-0.3, -0.25) is 0 Å². The lowest BCUT2D eigenvalue weighted by Crippen LogP contribution is -2.14. The molecule has 0 saturated carbocycles. The maximum absolute atomic E-state index is 5.66. The van der Waals surface area contributed by atoms with Crippen molar-refractivity contribution in [2.45, 2.75) is 32.3 Å². The molecule has 0 spiro atoms. The first kappa shape index (κ1) is 14.1. The Morgan fingerprint density at radius 1 is 1.24 bits per heavy atom. The number of ether oxygens (including phenoxy) is 1. The van der Waals surface area contributed by atoms with Crippen molar-refractivity contribution in [3.8, 4) is 0 Å².